The first-order valence-corrected chi connectivity index (χ1v) is 9.95. The van der Waals surface area contributed by atoms with Gasteiger partial charge in [0.1, 0.15) is 5.75 Å². The lowest BCUT2D eigenvalue weighted by Gasteiger charge is -2.36. The van der Waals surface area contributed by atoms with Crippen LogP contribution < -0.4 is 0 Å². The van der Waals surface area contributed by atoms with Crippen molar-refractivity contribution in [1.29, 1.82) is 0 Å². The van der Waals surface area contributed by atoms with Crippen molar-refractivity contribution in [3.63, 3.8) is 0 Å². The van der Waals surface area contributed by atoms with Gasteiger partial charge in [0.2, 0.25) is 0 Å². The van der Waals surface area contributed by atoms with Crippen molar-refractivity contribution >= 4 is 5.91 Å². The van der Waals surface area contributed by atoms with Crippen LogP contribution in [0.2, 0.25) is 0 Å². The summed E-state index contributed by atoms with van der Waals surface area (Å²) in [6, 6.07) is 12.7. The Bertz CT molecular complexity index is 843. The largest absolute Gasteiger partial charge is 0.505 e. The molecule has 2 atom stereocenters. The van der Waals surface area contributed by atoms with Crippen molar-refractivity contribution in [2.24, 2.45) is 5.92 Å². The summed E-state index contributed by atoms with van der Waals surface area (Å²) in [5.41, 5.74) is 3.14. The summed E-state index contributed by atoms with van der Waals surface area (Å²) in [7, 11) is 0. The predicted octanol–water partition coefficient (Wildman–Crippen LogP) is 2.49. The van der Waals surface area contributed by atoms with Crippen molar-refractivity contribution in [3.05, 3.63) is 59.4 Å². The number of benzene rings is 1. The van der Waals surface area contributed by atoms with Gasteiger partial charge in [-0.1, -0.05) is 24.3 Å². The number of nitrogens with zero attached hydrogens (tertiary/aromatic N) is 3. The maximum atomic E-state index is 13.1. The lowest BCUT2D eigenvalue weighted by Crippen LogP contribution is -2.48. The third-order valence-electron chi connectivity index (χ3n) is 6.54. The number of carbonyl (C=O) groups is 1. The minimum absolute atomic E-state index is 0.0225. The predicted molar refractivity (Wildman–Crippen MR) is 103 cm³/mol. The summed E-state index contributed by atoms with van der Waals surface area (Å²) < 4.78 is 0. The van der Waals surface area contributed by atoms with E-state index in [9.17, 15) is 9.90 Å². The van der Waals surface area contributed by atoms with Gasteiger partial charge < -0.3 is 10.0 Å². The number of aromatic hydroxyl groups is 1. The van der Waals surface area contributed by atoms with Gasteiger partial charge in [-0.15, -0.1) is 0 Å². The second kappa shape index (κ2) is 6.64. The minimum atomic E-state index is -0.126. The lowest BCUT2D eigenvalue weighted by atomic mass is 9.94. The van der Waals surface area contributed by atoms with E-state index in [4.69, 9.17) is 0 Å². The monoisotopic (exact) mass is 363 g/mol. The maximum absolute atomic E-state index is 13.1. The van der Waals surface area contributed by atoms with Crippen molar-refractivity contribution in [2.45, 2.75) is 37.8 Å². The Labute approximate surface area is 159 Å². The van der Waals surface area contributed by atoms with E-state index in [1.54, 1.807) is 18.3 Å². The Hall–Kier alpha value is -2.40. The van der Waals surface area contributed by atoms with Gasteiger partial charge in [-0.25, -0.2) is 4.98 Å². The second-order valence-corrected chi connectivity index (χ2v) is 8.21. The summed E-state index contributed by atoms with van der Waals surface area (Å²) in [6.45, 7) is 2.76. The molecule has 2 aromatic rings. The van der Waals surface area contributed by atoms with E-state index in [2.05, 4.69) is 34.1 Å². The zero-order valence-electron chi connectivity index (χ0n) is 15.4. The maximum Gasteiger partial charge on any atom is 0.276 e. The number of rotatable bonds is 2. The van der Waals surface area contributed by atoms with Gasteiger partial charge in [0.25, 0.3) is 5.91 Å². The molecule has 0 spiro atoms. The number of piperidine rings is 1. The molecule has 140 valence electrons. The van der Waals surface area contributed by atoms with Crippen LogP contribution in [0.15, 0.2) is 42.6 Å². The highest BCUT2D eigenvalue weighted by molar-refractivity contribution is 5.95. The van der Waals surface area contributed by atoms with E-state index in [0.29, 0.717) is 12.0 Å². The summed E-state index contributed by atoms with van der Waals surface area (Å²) >= 11 is 0. The zero-order chi connectivity index (χ0) is 18.4. The molecule has 1 aliphatic carbocycles. The Morgan fingerprint density at radius 1 is 0.963 bits per heavy atom. The topological polar surface area (TPSA) is 56.7 Å². The van der Waals surface area contributed by atoms with E-state index in [-0.39, 0.29) is 23.4 Å². The molecule has 1 aromatic carbocycles. The summed E-state index contributed by atoms with van der Waals surface area (Å²) in [6.07, 6.45) is 6.03. The Morgan fingerprint density at radius 2 is 1.74 bits per heavy atom. The molecule has 3 saturated heterocycles. The average Bonchev–Trinajstić information content (AvgIpc) is 2.91. The fourth-order valence-electron chi connectivity index (χ4n) is 5.16. The molecule has 1 N–H and O–H groups in total. The molecule has 2 bridgehead atoms. The highest BCUT2D eigenvalue weighted by Gasteiger charge is 2.41. The molecule has 1 amide bonds. The fourth-order valence-corrected chi connectivity index (χ4v) is 5.16. The number of amides is 1. The molecule has 3 aliphatic heterocycles. The molecule has 5 nitrogen and oxygen atoms in total. The van der Waals surface area contributed by atoms with Crippen molar-refractivity contribution in [2.75, 3.05) is 19.6 Å². The highest BCUT2D eigenvalue weighted by atomic mass is 16.3. The van der Waals surface area contributed by atoms with Gasteiger partial charge in [-0.3, -0.25) is 9.69 Å². The van der Waals surface area contributed by atoms with Gasteiger partial charge in [0.05, 0.1) is 0 Å². The lowest BCUT2D eigenvalue weighted by molar-refractivity contribution is 0.0572. The Balaban J connectivity index is 1.35. The van der Waals surface area contributed by atoms with Crippen LogP contribution in [-0.2, 0) is 12.8 Å². The zero-order valence-corrected chi connectivity index (χ0v) is 15.4. The van der Waals surface area contributed by atoms with Gasteiger partial charge >= 0.3 is 0 Å². The minimum Gasteiger partial charge on any atom is -0.505 e. The van der Waals surface area contributed by atoms with E-state index in [0.717, 1.165) is 38.9 Å². The van der Waals surface area contributed by atoms with Crippen molar-refractivity contribution < 1.29 is 9.90 Å². The van der Waals surface area contributed by atoms with E-state index >= 15 is 0 Å². The van der Waals surface area contributed by atoms with Crippen molar-refractivity contribution in [3.8, 4) is 5.75 Å². The van der Waals surface area contributed by atoms with Crippen LogP contribution in [0.25, 0.3) is 0 Å². The number of hydrogen-bond donors (Lipinski definition) is 1. The van der Waals surface area contributed by atoms with Crippen LogP contribution in [0.3, 0.4) is 0 Å². The number of fused-ring (bicyclic) bond motifs is 5. The first kappa shape index (κ1) is 16.8. The molecule has 1 aromatic heterocycles. The molecule has 4 aliphatic rings. The normalized spacial score (nSPS) is 25.4. The first-order valence-electron chi connectivity index (χ1n) is 9.95. The van der Waals surface area contributed by atoms with Crippen LogP contribution >= 0.6 is 0 Å². The SMILES string of the molecule is O=C(c1ncccc1O)N1C[C@H]2CC[C@@H]1CN(C1Cc3ccccc3C1)C2. The molecule has 6 rings (SSSR count). The summed E-state index contributed by atoms with van der Waals surface area (Å²) in [4.78, 5) is 21.8. The Morgan fingerprint density at radius 3 is 2.48 bits per heavy atom. The molecule has 0 saturated carbocycles. The van der Waals surface area contributed by atoms with Crippen LogP contribution in [0.4, 0.5) is 0 Å². The van der Waals surface area contributed by atoms with Crippen LogP contribution in [0.1, 0.15) is 34.5 Å². The third kappa shape index (κ3) is 3.00. The molecule has 4 heterocycles. The fraction of sp³-hybridized carbons (Fsp3) is 0.455. The van der Waals surface area contributed by atoms with E-state index in [1.165, 1.54) is 17.5 Å². The Kier molecular flexibility index (Phi) is 4.12. The van der Waals surface area contributed by atoms with Gasteiger partial charge in [-0.05, 0) is 54.9 Å². The molecular formula is C22H25N3O2. The summed E-state index contributed by atoms with van der Waals surface area (Å²) in [5, 5.41) is 10.1. The number of pyridine rings is 1. The molecule has 0 radical (unpaired) electrons. The molecule has 27 heavy (non-hydrogen) atoms. The standard InChI is InChI=1S/C22H25N3O2/c26-20-6-3-9-23-21(20)22(27)25-13-15-7-8-18(25)14-24(12-15)19-10-16-4-1-2-5-17(16)11-19/h1-6,9,15,18-19,26H,7-8,10-14H2/t15-,18+/m0/s1. The third-order valence-corrected chi connectivity index (χ3v) is 6.54. The second-order valence-electron chi connectivity index (χ2n) is 8.21. The van der Waals surface area contributed by atoms with Gasteiger partial charge in [-0.2, -0.15) is 0 Å². The van der Waals surface area contributed by atoms with Gasteiger partial charge in [0, 0.05) is 37.9 Å². The van der Waals surface area contributed by atoms with E-state index < -0.39 is 0 Å². The van der Waals surface area contributed by atoms with E-state index in [1.807, 2.05) is 4.90 Å². The van der Waals surface area contributed by atoms with Crippen LogP contribution in [-0.4, -0.2) is 57.5 Å². The molecule has 5 heteroatoms. The van der Waals surface area contributed by atoms with Crippen molar-refractivity contribution in [1.82, 2.24) is 14.8 Å². The molecule has 0 unspecified atom stereocenters. The smallest absolute Gasteiger partial charge is 0.276 e. The van der Waals surface area contributed by atoms with Crippen LogP contribution in [0, 0.1) is 5.92 Å². The number of carbonyl (C=O) groups excluding carboxylic acids is 1. The number of hydrogen-bond acceptors (Lipinski definition) is 4. The average molecular weight is 363 g/mol. The molecular weight excluding hydrogens is 338 g/mol. The highest BCUT2D eigenvalue weighted by Crippen LogP contribution is 2.34. The number of aromatic nitrogens is 1. The molecule has 3 fully saturated rings. The first-order chi connectivity index (χ1) is 13.2. The van der Waals surface area contributed by atoms with Gasteiger partial charge in [0.15, 0.2) is 5.69 Å². The van der Waals surface area contributed by atoms with Crippen LogP contribution in [0.5, 0.6) is 5.75 Å². The summed E-state index contributed by atoms with van der Waals surface area (Å²) in [5.74, 6) is 0.354. The quantitative estimate of drug-likeness (QED) is 0.891.